The van der Waals surface area contributed by atoms with Crippen molar-refractivity contribution in [3.8, 4) is 11.4 Å². The molecule has 7 nitrogen and oxygen atoms in total. The van der Waals surface area contributed by atoms with Gasteiger partial charge in [0.2, 0.25) is 5.95 Å². The van der Waals surface area contributed by atoms with Gasteiger partial charge in [-0.2, -0.15) is 5.10 Å². The van der Waals surface area contributed by atoms with Gasteiger partial charge >= 0.3 is 0 Å². The Labute approximate surface area is 170 Å². The third-order valence-electron chi connectivity index (χ3n) is 5.73. The van der Waals surface area contributed by atoms with E-state index >= 15 is 0 Å². The number of nitrogens with zero attached hydrogens (tertiary/aromatic N) is 6. The fourth-order valence-corrected chi connectivity index (χ4v) is 4.01. The van der Waals surface area contributed by atoms with Gasteiger partial charge in [0.05, 0.1) is 17.4 Å². The first-order chi connectivity index (χ1) is 14.2. The van der Waals surface area contributed by atoms with E-state index in [2.05, 4.69) is 56.7 Å². The van der Waals surface area contributed by atoms with Crippen molar-refractivity contribution in [1.29, 1.82) is 0 Å². The second-order valence-electron chi connectivity index (χ2n) is 7.84. The van der Waals surface area contributed by atoms with E-state index in [0.29, 0.717) is 11.9 Å². The molecule has 0 spiro atoms. The predicted octanol–water partition coefficient (Wildman–Crippen LogP) is 3.68. The molecular weight excluding hydrogens is 362 g/mol. The van der Waals surface area contributed by atoms with Gasteiger partial charge in [-0.25, -0.2) is 9.50 Å². The van der Waals surface area contributed by atoms with Gasteiger partial charge in [-0.15, -0.1) is 5.10 Å². The maximum atomic E-state index is 4.68. The van der Waals surface area contributed by atoms with E-state index in [1.807, 2.05) is 42.2 Å². The average Bonchev–Trinajstić information content (AvgIpc) is 3.35. The molecule has 4 heterocycles. The normalized spacial score (nSPS) is 15.8. The summed E-state index contributed by atoms with van der Waals surface area (Å²) in [6.45, 7) is 2.35. The molecule has 4 aromatic rings. The van der Waals surface area contributed by atoms with Crippen LogP contribution in [0.1, 0.15) is 24.3 Å². The zero-order valence-electron chi connectivity index (χ0n) is 16.8. The van der Waals surface area contributed by atoms with Crippen molar-refractivity contribution >= 4 is 17.2 Å². The van der Waals surface area contributed by atoms with Crippen LogP contribution in [-0.2, 0) is 7.05 Å². The van der Waals surface area contributed by atoms with E-state index in [1.165, 1.54) is 31.5 Å². The van der Waals surface area contributed by atoms with Crippen LogP contribution in [0.5, 0.6) is 0 Å². The minimum absolute atomic E-state index is 0.568. The minimum Gasteiger partial charge on any atom is -0.323 e. The number of aromatic nitrogens is 5. The molecule has 3 aromatic heterocycles. The number of nitrogens with one attached hydrogen (secondary N) is 1. The average molecular weight is 387 g/mol. The molecule has 1 saturated heterocycles. The first-order valence-corrected chi connectivity index (χ1v) is 10.1. The van der Waals surface area contributed by atoms with Crippen molar-refractivity contribution in [1.82, 2.24) is 29.3 Å². The maximum Gasteiger partial charge on any atom is 0.245 e. The highest BCUT2D eigenvalue weighted by molar-refractivity contribution is 5.64. The summed E-state index contributed by atoms with van der Waals surface area (Å²) in [7, 11) is 4.11. The summed E-state index contributed by atoms with van der Waals surface area (Å²) in [5.41, 5.74) is 5.19. The smallest absolute Gasteiger partial charge is 0.245 e. The molecule has 0 saturated carbocycles. The number of fused-ring (bicyclic) bond motifs is 1. The Bertz CT molecular complexity index is 1120. The van der Waals surface area contributed by atoms with Crippen molar-refractivity contribution in [2.75, 3.05) is 25.5 Å². The van der Waals surface area contributed by atoms with Gasteiger partial charge in [0, 0.05) is 18.9 Å². The van der Waals surface area contributed by atoms with Gasteiger partial charge < -0.3 is 10.2 Å². The maximum absolute atomic E-state index is 4.68. The molecule has 0 radical (unpaired) electrons. The Kier molecular flexibility index (Phi) is 4.52. The number of rotatable bonds is 4. The van der Waals surface area contributed by atoms with E-state index < -0.39 is 0 Å². The number of anilines is 2. The molecule has 0 bridgehead atoms. The summed E-state index contributed by atoms with van der Waals surface area (Å²) in [4.78, 5) is 6.86. The Morgan fingerprint density at radius 3 is 2.45 bits per heavy atom. The van der Waals surface area contributed by atoms with Gasteiger partial charge in [-0.05, 0) is 74.8 Å². The quantitative estimate of drug-likeness (QED) is 0.579. The molecule has 1 N–H and O–H groups in total. The molecule has 0 atom stereocenters. The van der Waals surface area contributed by atoms with Crippen LogP contribution in [0.3, 0.4) is 0 Å². The third-order valence-corrected chi connectivity index (χ3v) is 5.73. The van der Waals surface area contributed by atoms with Crippen molar-refractivity contribution in [2.45, 2.75) is 18.8 Å². The summed E-state index contributed by atoms with van der Waals surface area (Å²) >= 11 is 0. The zero-order valence-corrected chi connectivity index (χ0v) is 16.8. The van der Waals surface area contributed by atoms with Crippen molar-refractivity contribution in [3.63, 3.8) is 0 Å². The first kappa shape index (κ1) is 17.9. The second kappa shape index (κ2) is 7.33. The zero-order chi connectivity index (χ0) is 19.8. The van der Waals surface area contributed by atoms with Crippen LogP contribution < -0.4 is 5.32 Å². The largest absolute Gasteiger partial charge is 0.323 e. The van der Waals surface area contributed by atoms with Crippen molar-refractivity contribution in [2.24, 2.45) is 7.05 Å². The Hall–Kier alpha value is -3.19. The van der Waals surface area contributed by atoms with Crippen LogP contribution >= 0.6 is 0 Å². The molecule has 1 aliphatic rings. The van der Waals surface area contributed by atoms with Crippen molar-refractivity contribution in [3.05, 3.63) is 60.4 Å². The lowest BCUT2D eigenvalue weighted by Crippen LogP contribution is -2.29. The lowest BCUT2D eigenvalue weighted by Gasteiger charge is -2.29. The number of aryl methyl sites for hydroxylation is 1. The van der Waals surface area contributed by atoms with E-state index in [9.17, 15) is 0 Å². The lowest BCUT2D eigenvalue weighted by atomic mass is 9.89. The molecule has 0 aliphatic carbocycles. The van der Waals surface area contributed by atoms with Crippen LogP contribution in [0.4, 0.5) is 11.6 Å². The highest BCUT2D eigenvalue weighted by Gasteiger charge is 2.18. The van der Waals surface area contributed by atoms with Crippen LogP contribution in [0.2, 0.25) is 0 Å². The minimum atomic E-state index is 0.568. The summed E-state index contributed by atoms with van der Waals surface area (Å²) < 4.78 is 3.67. The summed E-state index contributed by atoms with van der Waals surface area (Å²) in [6.07, 6.45) is 6.22. The van der Waals surface area contributed by atoms with Crippen LogP contribution in [0.25, 0.3) is 16.9 Å². The van der Waals surface area contributed by atoms with Gasteiger partial charge in [0.1, 0.15) is 5.69 Å². The molecule has 1 fully saturated rings. The summed E-state index contributed by atoms with van der Waals surface area (Å²) in [5.74, 6) is 1.23. The first-order valence-electron chi connectivity index (χ1n) is 10.1. The summed E-state index contributed by atoms with van der Waals surface area (Å²) in [6, 6.07) is 14.7. The molecule has 0 amide bonds. The van der Waals surface area contributed by atoms with Gasteiger partial charge in [-0.3, -0.25) is 4.68 Å². The molecule has 0 unspecified atom stereocenters. The predicted molar refractivity (Wildman–Crippen MR) is 114 cm³/mol. The number of hydrogen-bond acceptors (Lipinski definition) is 5. The Morgan fingerprint density at radius 2 is 1.72 bits per heavy atom. The topological polar surface area (TPSA) is 63.3 Å². The molecule has 5 rings (SSSR count). The van der Waals surface area contributed by atoms with Crippen LogP contribution in [-0.4, -0.2) is 49.4 Å². The fourth-order valence-electron chi connectivity index (χ4n) is 4.01. The third kappa shape index (κ3) is 3.61. The molecule has 7 heteroatoms. The van der Waals surface area contributed by atoms with Crippen molar-refractivity contribution < 1.29 is 0 Å². The van der Waals surface area contributed by atoms with Gasteiger partial charge in [0.15, 0.2) is 0 Å². The standard InChI is InChI=1S/C22H25N7/c1-27-12-9-17(10-13-27)16-3-5-18(6-4-16)24-22-23-15-19-7-8-21(29(19)26-22)20-11-14-28(2)25-20/h3-8,11,14-15,17H,9-10,12-13H2,1-2H3,(H,24,26). The number of hydrogen-bond donors (Lipinski definition) is 1. The second-order valence-corrected chi connectivity index (χ2v) is 7.84. The Morgan fingerprint density at radius 1 is 0.931 bits per heavy atom. The number of benzene rings is 1. The van der Waals surface area contributed by atoms with Crippen LogP contribution in [0.15, 0.2) is 54.9 Å². The van der Waals surface area contributed by atoms with E-state index in [0.717, 1.165) is 22.6 Å². The Balaban J connectivity index is 1.36. The highest BCUT2D eigenvalue weighted by atomic mass is 15.3. The highest BCUT2D eigenvalue weighted by Crippen LogP contribution is 2.28. The number of piperidine rings is 1. The SMILES string of the molecule is CN1CCC(c2ccc(Nc3ncc4ccc(-c5ccn(C)n5)n4n3)cc2)CC1. The van der Waals surface area contributed by atoms with E-state index in [1.54, 1.807) is 4.68 Å². The monoisotopic (exact) mass is 387 g/mol. The van der Waals surface area contributed by atoms with Crippen LogP contribution in [0, 0.1) is 0 Å². The van der Waals surface area contributed by atoms with E-state index in [4.69, 9.17) is 0 Å². The molecule has 29 heavy (non-hydrogen) atoms. The fraction of sp³-hybridized carbons (Fsp3) is 0.318. The molecule has 148 valence electrons. The van der Waals surface area contributed by atoms with Gasteiger partial charge in [0.25, 0.3) is 0 Å². The molecule has 1 aliphatic heterocycles. The number of likely N-dealkylation sites (tertiary alicyclic amines) is 1. The molecule has 1 aromatic carbocycles. The van der Waals surface area contributed by atoms with E-state index in [-0.39, 0.29) is 0 Å². The lowest BCUT2D eigenvalue weighted by molar-refractivity contribution is 0.255. The molecular formula is C22H25N7. The van der Waals surface area contributed by atoms with Gasteiger partial charge in [-0.1, -0.05) is 12.1 Å². The summed E-state index contributed by atoms with van der Waals surface area (Å²) in [5, 5.41) is 12.5.